The first kappa shape index (κ1) is 15.4. The zero-order valence-corrected chi connectivity index (χ0v) is 12.1. The average Bonchev–Trinajstić information content (AvgIpc) is 2.37. The molecule has 110 valence electrons. The van der Waals surface area contributed by atoms with Crippen molar-refractivity contribution in [2.24, 2.45) is 0 Å². The summed E-state index contributed by atoms with van der Waals surface area (Å²) in [6.45, 7) is 0. The van der Waals surface area contributed by atoms with Gasteiger partial charge in [0.25, 0.3) is 5.91 Å². The van der Waals surface area contributed by atoms with Gasteiger partial charge in [-0.2, -0.15) is 13.2 Å². The number of hydrogen-bond donors (Lipinski definition) is 2. The number of carbonyl (C=O) groups is 1. The Morgan fingerprint density at radius 1 is 1.14 bits per heavy atom. The molecule has 0 saturated heterocycles. The Labute approximate surface area is 127 Å². The number of halogens is 4. The third kappa shape index (κ3) is 3.75. The molecule has 0 aliphatic heterocycles. The Bertz CT molecular complexity index is 686. The molecule has 3 N–H and O–H groups in total. The van der Waals surface area contributed by atoms with Crippen LogP contribution in [0.4, 0.5) is 24.5 Å². The van der Waals surface area contributed by atoms with E-state index in [0.717, 1.165) is 6.07 Å². The minimum Gasteiger partial charge on any atom is -0.399 e. The van der Waals surface area contributed by atoms with E-state index in [1.807, 2.05) is 0 Å². The van der Waals surface area contributed by atoms with Crippen molar-refractivity contribution >= 4 is 33.2 Å². The lowest BCUT2D eigenvalue weighted by atomic mass is 10.1. The highest BCUT2D eigenvalue weighted by Crippen LogP contribution is 2.35. The number of carbonyl (C=O) groups excluding carboxylic acids is 1. The molecule has 0 aliphatic carbocycles. The normalized spacial score (nSPS) is 11.2. The van der Waals surface area contributed by atoms with Crippen LogP contribution in [0.5, 0.6) is 0 Å². The fraction of sp³-hybridized carbons (Fsp3) is 0.0714. The fourth-order valence-corrected chi connectivity index (χ4v) is 2.17. The molecule has 0 bridgehead atoms. The first-order valence-electron chi connectivity index (χ1n) is 5.81. The van der Waals surface area contributed by atoms with Crippen molar-refractivity contribution < 1.29 is 18.0 Å². The van der Waals surface area contributed by atoms with Crippen LogP contribution in [-0.4, -0.2) is 5.91 Å². The second-order valence-electron chi connectivity index (χ2n) is 4.27. The molecule has 7 heteroatoms. The van der Waals surface area contributed by atoms with Crippen LogP contribution in [0.3, 0.4) is 0 Å². The molecule has 3 nitrogen and oxygen atoms in total. The van der Waals surface area contributed by atoms with Gasteiger partial charge in [-0.1, -0.05) is 22.0 Å². The van der Waals surface area contributed by atoms with Gasteiger partial charge < -0.3 is 11.1 Å². The molecule has 2 rings (SSSR count). The average molecular weight is 359 g/mol. The van der Waals surface area contributed by atoms with E-state index in [0.29, 0.717) is 11.4 Å². The summed E-state index contributed by atoms with van der Waals surface area (Å²) in [5.41, 5.74) is 5.44. The highest BCUT2D eigenvalue weighted by molar-refractivity contribution is 9.10. The number of nitrogens with one attached hydrogen (secondary N) is 1. The standard InChI is InChI=1S/C14H10BrF3N2O/c15-12-5-4-8(6-11(12)14(16,17)18)13(21)20-10-3-1-2-9(19)7-10/h1-7H,19H2,(H,20,21). The maximum absolute atomic E-state index is 12.8. The third-order valence-electron chi connectivity index (χ3n) is 2.68. The van der Waals surface area contributed by atoms with Gasteiger partial charge in [0.1, 0.15) is 0 Å². The van der Waals surface area contributed by atoms with Gasteiger partial charge >= 0.3 is 6.18 Å². The molecule has 0 spiro atoms. The van der Waals surface area contributed by atoms with Gasteiger partial charge in [-0.25, -0.2) is 0 Å². The smallest absolute Gasteiger partial charge is 0.399 e. The predicted molar refractivity (Wildman–Crippen MR) is 78.0 cm³/mol. The molecule has 21 heavy (non-hydrogen) atoms. The number of rotatable bonds is 2. The molecule has 2 aromatic rings. The van der Waals surface area contributed by atoms with E-state index in [2.05, 4.69) is 21.2 Å². The number of benzene rings is 2. The number of amides is 1. The number of anilines is 2. The topological polar surface area (TPSA) is 55.1 Å². The largest absolute Gasteiger partial charge is 0.417 e. The highest BCUT2D eigenvalue weighted by Gasteiger charge is 2.33. The number of nitrogen functional groups attached to an aromatic ring is 1. The Morgan fingerprint density at radius 2 is 1.86 bits per heavy atom. The molecule has 0 unspecified atom stereocenters. The van der Waals surface area contributed by atoms with E-state index in [4.69, 9.17) is 5.73 Å². The van der Waals surface area contributed by atoms with E-state index < -0.39 is 17.6 Å². The van der Waals surface area contributed by atoms with Gasteiger partial charge in [-0.05, 0) is 36.4 Å². The molecule has 0 aliphatic rings. The molecular weight excluding hydrogens is 349 g/mol. The van der Waals surface area contributed by atoms with Crippen LogP contribution in [0.15, 0.2) is 46.9 Å². The minimum absolute atomic E-state index is 0.0899. The fourth-order valence-electron chi connectivity index (χ4n) is 1.70. The Kier molecular flexibility index (Phi) is 4.22. The summed E-state index contributed by atoms with van der Waals surface area (Å²) in [4.78, 5) is 12.0. The lowest BCUT2D eigenvalue weighted by Gasteiger charge is -2.11. The maximum Gasteiger partial charge on any atom is 0.417 e. The zero-order chi connectivity index (χ0) is 15.6. The molecule has 0 atom stereocenters. The van der Waals surface area contributed by atoms with Crippen molar-refractivity contribution in [3.8, 4) is 0 Å². The first-order chi connectivity index (χ1) is 9.77. The van der Waals surface area contributed by atoms with Crippen LogP contribution >= 0.6 is 15.9 Å². The van der Waals surface area contributed by atoms with Crippen LogP contribution in [0, 0.1) is 0 Å². The van der Waals surface area contributed by atoms with Gasteiger partial charge in [0, 0.05) is 21.4 Å². The van der Waals surface area contributed by atoms with Crippen LogP contribution in [-0.2, 0) is 6.18 Å². The molecule has 1 amide bonds. The quantitative estimate of drug-likeness (QED) is 0.786. The van der Waals surface area contributed by atoms with Crippen LogP contribution in [0.2, 0.25) is 0 Å². The summed E-state index contributed by atoms with van der Waals surface area (Å²) in [6.07, 6.45) is -4.54. The summed E-state index contributed by atoms with van der Waals surface area (Å²) in [7, 11) is 0. The van der Waals surface area contributed by atoms with E-state index in [1.165, 1.54) is 18.2 Å². The van der Waals surface area contributed by atoms with E-state index >= 15 is 0 Å². The van der Waals surface area contributed by atoms with Crippen molar-refractivity contribution in [2.45, 2.75) is 6.18 Å². The third-order valence-corrected chi connectivity index (χ3v) is 3.37. The van der Waals surface area contributed by atoms with Gasteiger partial charge in [0.2, 0.25) is 0 Å². The molecule has 2 aromatic carbocycles. The maximum atomic E-state index is 12.8. The highest BCUT2D eigenvalue weighted by atomic mass is 79.9. The summed E-state index contributed by atoms with van der Waals surface area (Å²) >= 11 is 2.82. The van der Waals surface area contributed by atoms with Crippen molar-refractivity contribution in [3.63, 3.8) is 0 Å². The van der Waals surface area contributed by atoms with Crippen molar-refractivity contribution in [2.75, 3.05) is 11.1 Å². The summed E-state index contributed by atoms with van der Waals surface area (Å²) in [5, 5.41) is 2.50. The van der Waals surface area contributed by atoms with Crippen LogP contribution in [0.25, 0.3) is 0 Å². The van der Waals surface area contributed by atoms with Crippen molar-refractivity contribution in [3.05, 3.63) is 58.1 Å². The summed E-state index contributed by atoms with van der Waals surface area (Å²) < 4.78 is 38.3. The number of nitrogens with two attached hydrogens (primary N) is 1. The molecular formula is C14H10BrF3N2O. The molecule has 0 radical (unpaired) electrons. The van der Waals surface area contributed by atoms with Gasteiger partial charge in [-0.15, -0.1) is 0 Å². The Balaban J connectivity index is 2.28. The predicted octanol–water partition coefficient (Wildman–Crippen LogP) is 4.30. The molecule has 0 heterocycles. The monoisotopic (exact) mass is 358 g/mol. The van der Waals surface area contributed by atoms with Gasteiger partial charge in [-0.3, -0.25) is 4.79 Å². The SMILES string of the molecule is Nc1cccc(NC(=O)c2ccc(Br)c(C(F)(F)F)c2)c1. The van der Waals surface area contributed by atoms with Gasteiger partial charge in [0.05, 0.1) is 5.56 Å². The van der Waals surface area contributed by atoms with Gasteiger partial charge in [0.15, 0.2) is 0 Å². The zero-order valence-electron chi connectivity index (χ0n) is 10.5. The first-order valence-corrected chi connectivity index (χ1v) is 6.60. The summed E-state index contributed by atoms with van der Waals surface area (Å²) in [5.74, 6) is -0.640. The Morgan fingerprint density at radius 3 is 2.48 bits per heavy atom. The second-order valence-corrected chi connectivity index (χ2v) is 5.13. The second kappa shape index (κ2) is 5.77. The molecule has 0 fully saturated rings. The number of hydrogen-bond acceptors (Lipinski definition) is 2. The van der Waals surface area contributed by atoms with Crippen molar-refractivity contribution in [1.82, 2.24) is 0 Å². The van der Waals surface area contributed by atoms with E-state index in [1.54, 1.807) is 18.2 Å². The lowest BCUT2D eigenvalue weighted by molar-refractivity contribution is -0.138. The molecule has 0 aromatic heterocycles. The van der Waals surface area contributed by atoms with Crippen LogP contribution in [0.1, 0.15) is 15.9 Å². The lowest BCUT2D eigenvalue weighted by Crippen LogP contribution is -2.14. The van der Waals surface area contributed by atoms with Crippen molar-refractivity contribution in [1.29, 1.82) is 0 Å². The van der Waals surface area contributed by atoms with E-state index in [9.17, 15) is 18.0 Å². The summed E-state index contributed by atoms with van der Waals surface area (Å²) in [6, 6.07) is 9.67. The minimum atomic E-state index is -4.54. The number of alkyl halides is 3. The van der Waals surface area contributed by atoms with Crippen LogP contribution < -0.4 is 11.1 Å². The van der Waals surface area contributed by atoms with E-state index in [-0.39, 0.29) is 10.0 Å². The molecule has 0 saturated carbocycles. The Hall–Kier alpha value is -2.02.